The Morgan fingerprint density at radius 1 is 1.39 bits per heavy atom. The number of nitrogens with two attached hydrogens (primary N) is 1. The molecule has 132 valence electrons. The molecule has 1 aliphatic rings. The van der Waals surface area contributed by atoms with Gasteiger partial charge in [0, 0.05) is 22.9 Å². The van der Waals surface area contributed by atoms with Crippen LogP contribution in [-0.4, -0.2) is 18.0 Å². The highest BCUT2D eigenvalue weighted by molar-refractivity contribution is 8.03. The summed E-state index contributed by atoms with van der Waals surface area (Å²) in [4.78, 5) is 1.38. The van der Waals surface area contributed by atoms with Crippen molar-refractivity contribution in [2.45, 2.75) is 72.8 Å². The Labute approximate surface area is 148 Å². The van der Waals surface area contributed by atoms with Gasteiger partial charge in [-0.25, -0.2) is 0 Å². The number of hydrogen-bond acceptors (Lipinski definition) is 3. The van der Waals surface area contributed by atoms with E-state index in [9.17, 15) is 0 Å². The average molecular weight is 337 g/mol. The van der Waals surface area contributed by atoms with Crippen LogP contribution < -0.4 is 5.73 Å². The van der Waals surface area contributed by atoms with Crippen molar-refractivity contribution in [3.63, 3.8) is 0 Å². The molecular weight excluding hydrogens is 300 g/mol. The molecule has 2 atom stereocenters. The maximum atomic E-state index is 7.75. The highest BCUT2D eigenvalue weighted by atomic mass is 32.2. The molecule has 2 unspecified atom stereocenters. The van der Waals surface area contributed by atoms with Crippen LogP contribution in [0.25, 0.3) is 0 Å². The molecule has 0 aromatic carbocycles. The third-order valence-electron chi connectivity index (χ3n) is 3.79. The number of nitrogens with one attached hydrogen (secondary N) is 1. The summed E-state index contributed by atoms with van der Waals surface area (Å²) in [6.45, 7) is 10.5. The van der Waals surface area contributed by atoms with Gasteiger partial charge in [0.05, 0.1) is 0 Å². The van der Waals surface area contributed by atoms with E-state index >= 15 is 0 Å². The van der Waals surface area contributed by atoms with E-state index in [-0.39, 0.29) is 6.04 Å². The van der Waals surface area contributed by atoms with Crippen molar-refractivity contribution in [2.75, 3.05) is 5.75 Å². The maximum absolute atomic E-state index is 7.75. The molecule has 0 amide bonds. The normalized spacial score (nSPS) is 17.9. The number of allylic oxidation sites excluding steroid dienone is 5. The van der Waals surface area contributed by atoms with Gasteiger partial charge >= 0.3 is 0 Å². The summed E-state index contributed by atoms with van der Waals surface area (Å²) in [5.74, 6) is 1.53. The predicted octanol–water partition coefficient (Wildman–Crippen LogP) is 6.10. The van der Waals surface area contributed by atoms with Crippen LogP contribution in [0.4, 0.5) is 0 Å². The fourth-order valence-electron chi connectivity index (χ4n) is 2.65. The zero-order chi connectivity index (χ0) is 17.7. The molecule has 0 saturated heterocycles. The minimum atomic E-state index is 0.243. The molecule has 1 aliphatic heterocycles. The van der Waals surface area contributed by atoms with Gasteiger partial charge in [-0.3, -0.25) is 0 Å². The van der Waals surface area contributed by atoms with E-state index < -0.39 is 0 Å². The van der Waals surface area contributed by atoms with E-state index in [2.05, 4.69) is 39.0 Å². The van der Waals surface area contributed by atoms with E-state index in [1.54, 1.807) is 0 Å². The summed E-state index contributed by atoms with van der Waals surface area (Å²) in [7, 11) is 0. The molecular formula is C20H36N2S. The van der Waals surface area contributed by atoms with Crippen molar-refractivity contribution in [2.24, 2.45) is 11.7 Å². The smallest absolute Gasteiger partial charge is 0.0212 e. The molecule has 0 fully saturated rings. The molecule has 2 nitrogen and oxygen atoms in total. The largest absolute Gasteiger partial charge is 0.328 e. The zero-order valence-corrected chi connectivity index (χ0v) is 16.5. The van der Waals surface area contributed by atoms with Crippen LogP contribution in [0.15, 0.2) is 34.3 Å². The Bertz CT molecular complexity index is 421. The molecule has 0 aromatic rings. The summed E-state index contributed by atoms with van der Waals surface area (Å²) in [6.07, 6.45) is 13.6. The minimum absolute atomic E-state index is 0.243. The minimum Gasteiger partial charge on any atom is -0.328 e. The molecule has 3 N–H and O–H groups in total. The molecule has 0 aromatic heterocycles. The molecule has 0 bridgehead atoms. The topological polar surface area (TPSA) is 49.9 Å². The van der Waals surface area contributed by atoms with Crippen LogP contribution in [0.2, 0.25) is 0 Å². The van der Waals surface area contributed by atoms with Gasteiger partial charge < -0.3 is 11.1 Å². The Balaban J connectivity index is 0.00000232. The van der Waals surface area contributed by atoms with Gasteiger partial charge in [-0.15, -0.1) is 11.8 Å². The second kappa shape index (κ2) is 13.6. The van der Waals surface area contributed by atoms with E-state index in [0.29, 0.717) is 5.92 Å². The summed E-state index contributed by atoms with van der Waals surface area (Å²) in [5.41, 5.74) is 8.54. The molecule has 1 heterocycles. The quantitative estimate of drug-likeness (QED) is 0.395. The predicted molar refractivity (Wildman–Crippen MR) is 108 cm³/mol. The van der Waals surface area contributed by atoms with Gasteiger partial charge in [0.2, 0.25) is 0 Å². The van der Waals surface area contributed by atoms with Crippen molar-refractivity contribution >= 4 is 18.0 Å². The third kappa shape index (κ3) is 8.57. The fourth-order valence-corrected chi connectivity index (χ4v) is 3.65. The first-order chi connectivity index (χ1) is 11.1. The fraction of sp³-hybridized carbons (Fsp3) is 0.650. The van der Waals surface area contributed by atoms with Crippen LogP contribution in [0, 0.1) is 11.3 Å². The SMILES string of the molecule is CC.CC/C=C(\C=C(/C=N)C(C)CC(N)CCC)C1=CCCS1. The Morgan fingerprint density at radius 2 is 2.09 bits per heavy atom. The lowest BCUT2D eigenvalue weighted by molar-refractivity contribution is 0.492. The van der Waals surface area contributed by atoms with Crippen molar-refractivity contribution < 1.29 is 0 Å². The highest BCUT2D eigenvalue weighted by Gasteiger charge is 2.14. The lowest BCUT2D eigenvalue weighted by Crippen LogP contribution is -2.23. The van der Waals surface area contributed by atoms with Gasteiger partial charge in [-0.1, -0.05) is 53.2 Å². The maximum Gasteiger partial charge on any atom is 0.0212 e. The summed E-state index contributed by atoms with van der Waals surface area (Å²) >= 11 is 1.93. The van der Waals surface area contributed by atoms with Crippen LogP contribution in [0.3, 0.4) is 0 Å². The molecule has 0 aliphatic carbocycles. The first kappa shape index (κ1) is 22.2. The van der Waals surface area contributed by atoms with Crippen molar-refractivity contribution in [1.82, 2.24) is 0 Å². The Hall–Kier alpha value is -0.800. The van der Waals surface area contributed by atoms with E-state index in [0.717, 1.165) is 37.7 Å². The third-order valence-corrected chi connectivity index (χ3v) is 4.94. The van der Waals surface area contributed by atoms with Crippen molar-refractivity contribution in [3.8, 4) is 0 Å². The van der Waals surface area contributed by atoms with E-state index in [4.69, 9.17) is 11.1 Å². The van der Waals surface area contributed by atoms with Crippen LogP contribution in [0.1, 0.15) is 66.7 Å². The number of hydrogen-bond donors (Lipinski definition) is 2. The van der Waals surface area contributed by atoms with Gasteiger partial charge in [0.25, 0.3) is 0 Å². The van der Waals surface area contributed by atoms with E-state index in [1.165, 1.54) is 22.4 Å². The van der Waals surface area contributed by atoms with Gasteiger partial charge in [-0.05, 0) is 48.8 Å². The van der Waals surface area contributed by atoms with E-state index in [1.807, 2.05) is 25.6 Å². The first-order valence-electron chi connectivity index (χ1n) is 9.13. The zero-order valence-electron chi connectivity index (χ0n) is 15.7. The van der Waals surface area contributed by atoms with Crippen molar-refractivity contribution in [3.05, 3.63) is 34.3 Å². The molecule has 0 spiro atoms. The van der Waals surface area contributed by atoms with Crippen molar-refractivity contribution in [1.29, 1.82) is 5.41 Å². The van der Waals surface area contributed by atoms with Crippen LogP contribution in [0.5, 0.6) is 0 Å². The van der Waals surface area contributed by atoms with Crippen LogP contribution in [-0.2, 0) is 0 Å². The summed E-state index contributed by atoms with van der Waals surface area (Å²) < 4.78 is 0. The highest BCUT2D eigenvalue weighted by Crippen LogP contribution is 2.33. The monoisotopic (exact) mass is 336 g/mol. The molecule has 3 heteroatoms. The van der Waals surface area contributed by atoms with Gasteiger partial charge in [0.15, 0.2) is 0 Å². The molecule has 23 heavy (non-hydrogen) atoms. The van der Waals surface area contributed by atoms with Gasteiger partial charge in [0.1, 0.15) is 0 Å². The second-order valence-corrected chi connectivity index (χ2v) is 6.88. The Kier molecular flexibility index (Phi) is 13.1. The lowest BCUT2D eigenvalue weighted by Gasteiger charge is -2.18. The molecule has 0 radical (unpaired) electrons. The first-order valence-corrected chi connectivity index (χ1v) is 10.1. The average Bonchev–Trinajstić information content (AvgIpc) is 3.07. The molecule has 1 rings (SSSR count). The molecule has 0 saturated carbocycles. The second-order valence-electron chi connectivity index (χ2n) is 5.75. The number of rotatable bonds is 9. The standard InChI is InChI=1S/C18H30N2S.C2H6/c1-4-7-15(18-9-6-10-21-18)12-16(13-19)14(3)11-17(20)8-5-2;1-2/h7,9,12-14,17,19H,4-6,8,10-11,20H2,1-3H3;1-2H3/b15-7+,16-12+,19-13?;. The number of thioether (sulfide) groups is 1. The van der Waals surface area contributed by atoms with Gasteiger partial charge in [-0.2, -0.15) is 0 Å². The van der Waals surface area contributed by atoms with Crippen LogP contribution >= 0.6 is 11.8 Å². The summed E-state index contributed by atoms with van der Waals surface area (Å²) in [5, 5.41) is 7.75. The Morgan fingerprint density at radius 3 is 2.57 bits per heavy atom. The lowest BCUT2D eigenvalue weighted by atomic mass is 9.91. The summed E-state index contributed by atoms with van der Waals surface area (Å²) in [6, 6.07) is 0.243.